The number of carbonyl (C=O) groups excluding carboxylic acids is 2. The van der Waals surface area contributed by atoms with Crippen LogP contribution in [0.25, 0.3) is 0 Å². The van der Waals surface area contributed by atoms with E-state index in [1.165, 1.54) is 43.5 Å². The van der Waals surface area contributed by atoms with Crippen LogP contribution in [0.5, 0.6) is 5.75 Å². The second-order valence-corrected chi connectivity index (χ2v) is 4.90. The lowest BCUT2D eigenvalue weighted by Gasteiger charge is -2.10. The lowest BCUT2D eigenvalue weighted by molar-refractivity contribution is -0.384. The third-order valence-corrected chi connectivity index (χ3v) is 3.22. The fraction of sp³-hybridized carbons (Fsp3) is 0.125. The molecule has 2 aromatic carbocycles. The standard InChI is InChI=1S/C16H14FN3O5/c1-25-14-8-12(20(23)24)6-7-13(14)19-16(22)15(21)18-9-10-2-4-11(17)5-3-10/h2-8H,9H2,1H3,(H,18,21)(H,19,22). The summed E-state index contributed by atoms with van der Waals surface area (Å²) < 4.78 is 17.8. The highest BCUT2D eigenvalue weighted by Crippen LogP contribution is 2.28. The van der Waals surface area contributed by atoms with Gasteiger partial charge in [-0.3, -0.25) is 19.7 Å². The first-order valence-electron chi connectivity index (χ1n) is 7.06. The van der Waals surface area contributed by atoms with E-state index in [-0.39, 0.29) is 23.7 Å². The zero-order chi connectivity index (χ0) is 18.4. The van der Waals surface area contributed by atoms with Crippen LogP contribution in [0.4, 0.5) is 15.8 Å². The van der Waals surface area contributed by atoms with E-state index in [9.17, 15) is 24.1 Å². The third-order valence-electron chi connectivity index (χ3n) is 3.22. The summed E-state index contributed by atoms with van der Waals surface area (Å²) in [4.78, 5) is 33.8. The molecule has 9 heteroatoms. The van der Waals surface area contributed by atoms with E-state index in [1.54, 1.807) is 0 Å². The molecular formula is C16H14FN3O5. The van der Waals surface area contributed by atoms with Gasteiger partial charge in [-0.25, -0.2) is 4.39 Å². The first-order valence-corrected chi connectivity index (χ1v) is 7.06. The Balaban J connectivity index is 1.99. The highest BCUT2D eigenvalue weighted by atomic mass is 19.1. The topological polar surface area (TPSA) is 111 Å². The summed E-state index contributed by atoms with van der Waals surface area (Å²) in [6, 6.07) is 9.01. The molecule has 2 rings (SSSR count). The van der Waals surface area contributed by atoms with E-state index in [2.05, 4.69) is 10.6 Å². The van der Waals surface area contributed by atoms with Crippen molar-refractivity contribution >= 4 is 23.2 Å². The molecule has 0 atom stereocenters. The van der Waals surface area contributed by atoms with Gasteiger partial charge in [0.2, 0.25) is 0 Å². The molecule has 2 amide bonds. The number of amides is 2. The van der Waals surface area contributed by atoms with Crippen LogP contribution in [0.2, 0.25) is 0 Å². The van der Waals surface area contributed by atoms with Crippen LogP contribution in [0.3, 0.4) is 0 Å². The zero-order valence-electron chi connectivity index (χ0n) is 13.1. The van der Waals surface area contributed by atoms with Gasteiger partial charge in [-0.2, -0.15) is 0 Å². The molecule has 2 N–H and O–H groups in total. The number of hydrogen-bond acceptors (Lipinski definition) is 5. The van der Waals surface area contributed by atoms with Gasteiger partial charge < -0.3 is 15.4 Å². The number of nitro benzene ring substituents is 1. The molecule has 0 fully saturated rings. The van der Waals surface area contributed by atoms with Gasteiger partial charge in [-0.1, -0.05) is 12.1 Å². The van der Waals surface area contributed by atoms with E-state index in [0.717, 1.165) is 6.07 Å². The minimum absolute atomic E-state index is 0.0456. The molecule has 0 aliphatic heterocycles. The number of rotatable bonds is 5. The largest absolute Gasteiger partial charge is 0.494 e. The molecule has 0 radical (unpaired) electrons. The van der Waals surface area contributed by atoms with E-state index in [4.69, 9.17) is 4.74 Å². The first-order chi connectivity index (χ1) is 11.9. The van der Waals surface area contributed by atoms with Gasteiger partial charge in [-0.15, -0.1) is 0 Å². The third kappa shape index (κ3) is 4.74. The van der Waals surface area contributed by atoms with Crippen molar-refractivity contribution < 1.29 is 23.6 Å². The number of nitrogens with one attached hydrogen (secondary N) is 2. The number of methoxy groups -OCH3 is 1. The van der Waals surface area contributed by atoms with Crippen molar-refractivity contribution in [2.75, 3.05) is 12.4 Å². The molecule has 2 aromatic rings. The Morgan fingerprint density at radius 2 is 1.84 bits per heavy atom. The van der Waals surface area contributed by atoms with E-state index in [1.807, 2.05) is 0 Å². The van der Waals surface area contributed by atoms with Gasteiger partial charge >= 0.3 is 11.8 Å². The summed E-state index contributed by atoms with van der Waals surface area (Å²) in [5.74, 6) is -2.23. The summed E-state index contributed by atoms with van der Waals surface area (Å²) in [6.45, 7) is 0.0456. The zero-order valence-corrected chi connectivity index (χ0v) is 13.1. The Labute approximate surface area is 141 Å². The molecule has 25 heavy (non-hydrogen) atoms. The molecule has 0 saturated heterocycles. The van der Waals surface area contributed by atoms with E-state index in [0.29, 0.717) is 5.56 Å². The maximum absolute atomic E-state index is 12.8. The first kappa shape index (κ1) is 17.9. The Morgan fingerprint density at radius 3 is 2.44 bits per heavy atom. The number of anilines is 1. The molecule has 0 saturated carbocycles. The Kier molecular flexibility index (Phi) is 5.62. The average molecular weight is 347 g/mol. The van der Waals surface area contributed by atoms with Crippen molar-refractivity contribution in [1.82, 2.24) is 5.32 Å². The highest BCUT2D eigenvalue weighted by molar-refractivity contribution is 6.39. The quantitative estimate of drug-likeness (QED) is 0.488. The number of non-ortho nitro benzene ring substituents is 1. The fourth-order valence-corrected chi connectivity index (χ4v) is 1.94. The van der Waals surface area contributed by atoms with Crippen molar-refractivity contribution in [2.45, 2.75) is 6.54 Å². The lowest BCUT2D eigenvalue weighted by Crippen LogP contribution is -2.35. The average Bonchev–Trinajstić information content (AvgIpc) is 2.61. The Hall–Kier alpha value is -3.49. The number of benzene rings is 2. The van der Waals surface area contributed by atoms with Crippen molar-refractivity contribution in [3.05, 3.63) is 64.0 Å². The van der Waals surface area contributed by atoms with Crippen molar-refractivity contribution in [3.63, 3.8) is 0 Å². The van der Waals surface area contributed by atoms with Crippen molar-refractivity contribution in [2.24, 2.45) is 0 Å². The number of carbonyl (C=O) groups is 2. The number of halogens is 1. The monoisotopic (exact) mass is 347 g/mol. The fourth-order valence-electron chi connectivity index (χ4n) is 1.94. The predicted molar refractivity (Wildman–Crippen MR) is 86.5 cm³/mol. The highest BCUT2D eigenvalue weighted by Gasteiger charge is 2.17. The molecule has 0 bridgehead atoms. The summed E-state index contributed by atoms with van der Waals surface area (Å²) in [6.07, 6.45) is 0. The molecule has 0 aliphatic rings. The second-order valence-electron chi connectivity index (χ2n) is 4.90. The number of ether oxygens (including phenoxy) is 1. The van der Waals surface area contributed by atoms with Gasteiger partial charge in [0.25, 0.3) is 5.69 Å². The number of nitrogens with zero attached hydrogens (tertiary/aromatic N) is 1. The van der Waals surface area contributed by atoms with Crippen LogP contribution in [0, 0.1) is 15.9 Å². The summed E-state index contributed by atoms with van der Waals surface area (Å²) in [5, 5.41) is 15.4. The van der Waals surface area contributed by atoms with Gasteiger partial charge in [0.05, 0.1) is 23.8 Å². The number of hydrogen-bond donors (Lipinski definition) is 2. The molecule has 0 aliphatic carbocycles. The maximum atomic E-state index is 12.8. The maximum Gasteiger partial charge on any atom is 0.313 e. The second kappa shape index (κ2) is 7.86. The summed E-state index contributed by atoms with van der Waals surface area (Å²) in [7, 11) is 1.28. The van der Waals surface area contributed by atoms with Gasteiger partial charge in [0.1, 0.15) is 11.6 Å². The van der Waals surface area contributed by atoms with Crippen LogP contribution in [-0.4, -0.2) is 23.8 Å². The smallest absolute Gasteiger partial charge is 0.313 e. The van der Waals surface area contributed by atoms with Gasteiger partial charge in [0.15, 0.2) is 0 Å². The minimum Gasteiger partial charge on any atom is -0.494 e. The molecular weight excluding hydrogens is 333 g/mol. The number of nitro groups is 1. The van der Waals surface area contributed by atoms with Crippen molar-refractivity contribution in [3.8, 4) is 5.75 Å². The van der Waals surface area contributed by atoms with Crippen molar-refractivity contribution in [1.29, 1.82) is 0 Å². The molecule has 0 aromatic heterocycles. The summed E-state index contributed by atoms with van der Waals surface area (Å²) >= 11 is 0. The van der Waals surface area contributed by atoms with Crippen LogP contribution in [-0.2, 0) is 16.1 Å². The van der Waals surface area contributed by atoms with Crippen LogP contribution < -0.4 is 15.4 Å². The lowest BCUT2D eigenvalue weighted by atomic mass is 10.2. The summed E-state index contributed by atoms with van der Waals surface area (Å²) in [5.41, 5.74) is 0.529. The Morgan fingerprint density at radius 1 is 1.16 bits per heavy atom. The minimum atomic E-state index is -0.964. The van der Waals surface area contributed by atoms with Gasteiger partial charge in [0, 0.05) is 12.6 Å². The van der Waals surface area contributed by atoms with E-state index >= 15 is 0 Å². The Bertz CT molecular complexity index is 808. The van der Waals surface area contributed by atoms with E-state index < -0.39 is 22.6 Å². The molecule has 0 spiro atoms. The predicted octanol–water partition coefficient (Wildman–Crippen LogP) is 2.00. The normalized spacial score (nSPS) is 10.0. The molecule has 0 unspecified atom stereocenters. The van der Waals surface area contributed by atoms with Crippen LogP contribution in [0.1, 0.15) is 5.56 Å². The molecule has 8 nitrogen and oxygen atoms in total. The van der Waals surface area contributed by atoms with Crippen LogP contribution >= 0.6 is 0 Å². The molecule has 130 valence electrons. The van der Waals surface area contributed by atoms with Gasteiger partial charge in [-0.05, 0) is 23.8 Å². The SMILES string of the molecule is COc1cc([N+](=O)[O-])ccc1NC(=O)C(=O)NCc1ccc(F)cc1. The molecule has 0 heterocycles. The van der Waals surface area contributed by atoms with Crippen LogP contribution in [0.15, 0.2) is 42.5 Å².